The molecule has 0 spiro atoms. The third-order valence-corrected chi connectivity index (χ3v) is 5.75. The van der Waals surface area contributed by atoms with Gasteiger partial charge in [0.25, 0.3) is 0 Å². The Hall–Kier alpha value is -0.380. The first kappa shape index (κ1) is 11.1. The van der Waals surface area contributed by atoms with Crippen LogP contribution in [0, 0.1) is 16.7 Å². The number of aliphatic carboxylic acids is 1. The second-order valence-electron chi connectivity index (χ2n) is 5.23. The second kappa shape index (κ2) is 3.06. The van der Waals surface area contributed by atoms with Gasteiger partial charge in [0, 0.05) is 5.41 Å². The Bertz CT molecular complexity index is 341. The molecule has 15 heavy (non-hydrogen) atoms. The van der Waals surface area contributed by atoms with Crippen LogP contribution in [0.1, 0.15) is 33.1 Å². The van der Waals surface area contributed by atoms with E-state index in [1.807, 2.05) is 13.8 Å². The Morgan fingerprint density at radius 1 is 1.60 bits per heavy atom. The van der Waals surface area contributed by atoms with Gasteiger partial charge in [0.15, 0.2) is 5.78 Å². The third-order valence-electron chi connectivity index (χ3n) is 4.70. The van der Waals surface area contributed by atoms with Crippen LogP contribution in [-0.2, 0) is 9.59 Å². The minimum Gasteiger partial charge on any atom is -0.481 e. The van der Waals surface area contributed by atoms with Crippen molar-refractivity contribution in [3.05, 3.63) is 0 Å². The fraction of sp³-hybridized carbons (Fsp3) is 0.818. The van der Waals surface area contributed by atoms with Crippen molar-refractivity contribution in [3.63, 3.8) is 0 Å². The molecule has 0 heterocycles. The van der Waals surface area contributed by atoms with Crippen LogP contribution >= 0.6 is 15.9 Å². The number of carboxylic acid groups (broad SMARTS) is 1. The van der Waals surface area contributed by atoms with E-state index in [9.17, 15) is 9.59 Å². The van der Waals surface area contributed by atoms with Crippen LogP contribution < -0.4 is 0 Å². The van der Waals surface area contributed by atoms with Crippen LogP contribution in [0.4, 0.5) is 0 Å². The molecule has 2 fully saturated rings. The summed E-state index contributed by atoms with van der Waals surface area (Å²) in [5, 5.41) is 8.96. The zero-order valence-corrected chi connectivity index (χ0v) is 10.5. The maximum Gasteiger partial charge on any atom is 0.303 e. The van der Waals surface area contributed by atoms with Crippen LogP contribution in [0.25, 0.3) is 0 Å². The number of alkyl halides is 1. The van der Waals surface area contributed by atoms with Crippen LogP contribution in [0.15, 0.2) is 0 Å². The van der Waals surface area contributed by atoms with E-state index < -0.39 is 11.4 Å². The molecule has 2 saturated carbocycles. The Kier molecular flexibility index (Phi) is 2.27. The summed E-state index contributed by atoms with van der Waals surface area (Å²) in [7, 11) is 0. The number of Topliss-reactive ketones (excluding diaryl/α,β-unsaturated/α-hetero) is 1. The van der Waals surface area contributed by atoms with Crippen LogP contribution in [0.3, 0.4) is 0 Å². The molecule has 0 aromatic carbocycles. The van der Waals surface area contributed by atoms with Crippen molar-refractivity contribution in [2.45, 2.75) is 37.9 Å². The number of carboxylic acids is 1. The number of hydrogen-bond acceptors (Lipinski definition) is 2. The summed E-state index contributed by atoms with van der Waals surface area (Å²) in [5.74, 6) is -0.418. The quantitative estimate of drug-likeness (QED) is 0.786. The molecule has 4 atom stereocenters. The lowest BCUT2D eigenvalue weighted by Gasteiger charge is -2.34. The molecule has 0 aromatic rings. The van der Waals surface area contributed by atoms with Crippen LogP contribution in [0.2, 0.25) is 0 Å². The largest absolute Gasteiger partial charge is 0.481 e. The van der Waals surface area contributed by atoms with Crippen molar-refractivity contribution >= 4 is 27.7 Å². The van der Waals surface area contributed by atoms with E-state index in [0.29, 0.717) is 0 Å². The van der Waals surface area contributed by atoms with Gasteiger partial charge in [-0.25, -0.2) is 0 Å². The van der Waals surface area contributed by atoms with Crippen molar-refractivity contribution in [3.8, 4) is 0 Å². The second-order valence-corrected chi connectivity index (χ2v) is 6.22. The summed E-state index contributed by atoms with van der Waals surface area (Å²) >= 11 is 3.42. The molecule has 2 bridgehead atoms. The highest BCUT2D eigenvalue weighted by molar-refractivity contribution is 9.10. The lowest BCUT2D eigenvalue weighted by Crippen LogP contribution is -2.37. The first-order chi connectivity index (χ1) is 6.83. The topological polar surface area (TPSA) is 54.4 Å². The van der Waals surface area contributed by atoms with Gasteiger partial charge >= 0.3 is 5.97 Å². The summed E-state index contributed by atoms with van der Waals surface area (Å²) < 4.78 is 0. The van der Waals surface area contributed by atoms with Crippen molar-refractivity contribution < 1.29 is 14.7 Å². The van der Waals surface area contributed by atoms with Gasteiger partial charge in [-0.05, 0) is 24.2 Å². The summed E-state index contributed by atoms with van der Waals surface area (Å²) in [6.45, 7) is 3.89. The minimum absolute atomic E-state index is 0.0992. The van der Waals surface area contributed by atoms with E-state index in [1.54, 1.807) is 0 Å². The van der Waals surface area contributed by atoms with E-state index in [4.69, 9.17) is 5.11 Å². The van der Waals surface area contributed by atoms with Crippen molar-refractivity contribution in [1.29, 1.82) is 0 Å². The monoisotopic (exact) mass is 274 g/mol. The fourth-order valence-corrected chi connectivity index (χ4v) is 4.81. The summed E-state index contributed by atoms with van der Waals surface area (Å²) in [4.78, 5) is 22.8. The first-order valence-electron chi connectivity index (χ1n) is 5.23. The van der Waals surface area contributed by atoms with Gasteiger partial charge in [0.05, 0.1) is 11.2 Å². The minimum atomic E-state index is -0.801. The predicted molar refractivity (Wildman–Crippen MR) is 58.9 cm³/mol. The zero-order valence-electron chi connectivity index (χ0n) is 8.92. The zero-order chi connectivity index (χ0) is 11.4. The van der Waals surface area contributed by atoms with E-state index >= 15 is 0 Å². The molecule has 0 aliphatic heterocycles. The number of rotatable bonds is 2. The van der Waals surface area contributed by atoms with E-state index in [-0.39, 0.29) is 28.4 Å². The van der Waals surface area contributed by atoms with Gasteiger partial charge in [0.2, 0.25) is 0 Å². The van der Waals surface area contributed by atoms with Gasteiger partial charge in [0.1, 0.15) is 0 Å². The molecule has 2 aliphatic carbocycles. The van der Waals surface area contributed by atoms with Crippen LogP contribution in [-0.4, -0.2) is 21.7 Å². The predicted octanol–water partition coefficient (Wildman–Crippen LogP) is 2.23. The first-order valence-corrected chi connectivity index (χ1v) is 6.15. The molecule has 0 radical (unpaired) electrons. The highest BCUT2D eigenvalue weighted by Crippen LogP contribution is 2.66. The molecular weight excluding hydrogens is 260 g/mol. The molecule has 0 amide bonds. The average Bonchev–Trinajstić information content (AvgIpc) is 2.42. The molecule has 1 N–H and O–H groups in total. The van der Waals surface area contributed by atoms with E-state index in [2.05, 4.69) is 15.9 Å². The van der Waals surface area contributed by atoms with E-state index in [1.165, 1.54) is 0 Å². The summed E-state index contributed by atoms with van der Waals surface area (Å²) in [6, 6.07) is 0. The Morgan fingerprint density at radius 3 is 2.60 bits per heavy atom. The van der Waals surface area contributed by atoms with Crippen molar-refractivity contribution in [2.75, 3.05) is 0 Å². The van der Waals surface area contributed by atoms with Gasteiger partial charge in [-0.1, -0.05) is 29.8 Å². The number of fused-ring (bicyclic) bond motifs is 2. The molecule has 4 heteroatoms. The van der Waals surface area contributed by atoms with Crippen molar-refractivity contribution in [2.24, 2.45) is 16.7 Å². The number of ketones is 1. The average molecular weight is 275 g/mol. The van der Waals surface area contributed by atoms with E-state index in [0.717, 1.165) is 12.8 Å². The standard InChI is InChI=1S/C11H15BrO3/c1-10-4-3-6(8(12)9(10)15)11(10,2)5-7(13)14/h6,8H,3-5H2,1-2H3,(H,13,14)/t6-,8-,10-,11+/m0/s1. The highest BCUT2D eigenvalue weighted by atomic mass is 79.9. The Labute approximate surface area is 97.4 Å². The van der Waals surface area contributed by atoms with Gasteiger partial charge < -0.3 is 5.11 Å². The van der Waals surface area contributed by atoms with Crippen molar-refractivity contribution in [1.82, 2.24) is 0 Å². The summed E-state index contributed by atoms with van der Waals surface area (Å²) in [5.41, 5.74) is -0.811. The van der Waals surface area contributed by atoms with Gasteiger partial charge in [-0.15, -0.1) is 0 Å². The van der Waals surface area contributed by atoms with Gasteiger partial charge in [-0.2, -0.15) is 0 Å². The van der Waals surface area contributed by atoms with Crippen LogP contribution in [0.5, 0.6) is 0 Å². The molecule has 2 aliphatic rings. The normalized spacial score (nSPS) is 48.6. The number of halogens is 1. The molecule has 2 rings (SSSR count). The maximum atomic E-state index is 12.0. The molecule has 0 aromatic heterocycles. The SMILES string of the molecule is C[C@]12CC[C@@H]([C@H](Br)C1=O)[C@@]2(C)CC(=O)O. The Morgan fingerprint density at radius 2 is 2.20 bits per heavy atom. The number of hydrogen-bond donors (Lipinski definition) is 1. The maximum absolute atomic E-state index is 12.0. The fourth-order valence-electron chi connectivity index (χ4n) is 3.46. The molecule has 0 saturated heterocycles. The molecular formula is C11H15BrO3. The molecule has 84 valence electrons. The highest BCUT2D eigenvalue weighted by Gasteiger charge is 2.68. The molecule has 0 unspecified atom stereocenters. The van der Waals surface area contributed by atoms with Gasteiger partial charge in [-0.3, -0.25) is 9.59 Å². The Balaban J connectivity index is 2.42. The summed E-state index contributed by atoms with van der Waals surface area (Å²) in [6.07, 6.45) is 1.90. The molecule has 3 nitrogen and oxygen atoms in total. The lowest BCUT2D eigenvalue weighted by molar-refractivity contribution is -0.142. The smallest absolute Gasteiger partial charge is 0.303 e. The number of carbonyl (C=O) groups excluding carboxylic acids is 1. The number of carbonyl (C=O) groups is 2. The lowest BCUT2D eigenvalue weighted by atomic mass is 9.67. The third kappa shape index (κ3) is 1.17.